The molecule has 0 atom stereocenters. The van der Waals surface area contributed by atoms with E-state index in [1.807, 2.05) is 13.8 Å². The van der Waals surface area contributed by atoms with Crippen LogP contribution in [0.1, 0.15) is 25.8 Å². The quantitative estimate of drug-likeness (QED) is 0.745. The van der Waals surface area contributed by atoms with Crippen LogP contribution in [-0.4, -0.2) is 18.4 Å². The van der Waals surface area contributed by atoms with E-state index in [9.17, 15) is 9.59 Å². The molecule has 2 aromatic rings. The fourth-order valence-corrected chi connectivity index (χ4v) is 2.36. The number of hydrogen-bond donors (Lipinski definition) is 2. The van der Waals surface area contributed by atoms with Crippen LogP contribution in [-0.2, 0) is 16.0 Å². The number of carbonyl (C=O) groups excluding carboxylic acids is 2. The van der Waals surface area contributed by atoms with Crippen LogP contribution in [0.2, 0.25) is 0 Å². The molecule has 0 radical (unpaired) electrons. The highest BCUT2D eigenvalue weighted by Crippen LogP contribution is 2.15. The minimum atomic E-state index is -0.285. The van der Waals surface area contributed by atoms with Gasteiger partial charge >= 0.3 is 0 Å². The van der Waals surface area contributed by atoms with Gasteiger partial charge in [-0.3, -0.25) is 9.59 Å². The topological polar surface area (TPSA) is 91.2 Å². The zero-order valence-corrected chi connectivity index (χ0v) is 15.5. The summed E-state index contributed by atoms with van der Waals surface area (Å²) < 4.78 is 5.43. The van der Waals surface area contributed by atoms with Crippen LogP contribution in [0, 0.1) is 17.2 Å². The van der Waals surface area contributed by atoms with Crippen LogP contribution >= 0.6 is 0 Å². The zero-order chi connectivity index (χ0) is 19.6. The maximum Gasteiger partial charge on any atom is 0.262 e. The second kappa shape index (κ2) is 9.97. The number of nitriles is 1. The van der Waals surface area contributed by atoms with E-state index in [4.69, 9.17) is 10.00 Å². The summed E-state index contributed by atoms with van der Waals surface area (Å²) in [6.07, 6.45) is 0.808. The molecule has 0 saturated carbocycles. The molecule has 0 aliphatic heterocycles. The maximum absolute atomic E-state index is 12.0. The van der Waals surface area contributed by atoms with Gasteiger partial charge in [-0.05, 0) is 47.9 Å². The predicted octanol–water partition coefficient (Wildman–Crippen LogP) is 3.75. The molecule has 6 nitrogen and oxygen atoms in total. The molecular weight excluding hydrogens is 342 g/mol. The van der Waals surface area contributed by atoms with Crippen LogP contribution in [0.4, 0.5) is 11.4 Å². The van der Waals surface area contributed by atoms with Crippen molar-refractivity contribution in [1.29, 1.82) is 5.26 Å². The van der Waals surface area contributed by atoms with E-state index in [2.05, 4.69) is 16.7 Å². The Morgan fingerprint density at radius 2 is 1.52 bits per heavy atom. The molecule has 0 fully saturated rings. The Bertz CT molecular complexity index is 806. The highest BCUT2D eigenvalue weighted by molar-refractivity contribution is 5.93. The van der Waals surface area contributed by atoms with Crippen molar-refractivity contribution in [2.75, 3.05) is 17.2 Å². The highest BCUT2D eigenvalue weighted by Gasteiger charge is 2.07. The summed E-state index contributed by atoms with van der Waals surface area (Å²) in [7, 11) is 0. The molecule has 27 heavy (non-hydrogen) atoms. The van der Waals surface area contributed by atoms with Crippen molar-refractivity contribution in [3.05, 3.63) is 54.1 Å². The van der Waals surface area contributed by atoms with Gasteiger partial charge in [0, 0.05) is 17.8 Å². The van der Waals surface area contributed by atoms with E-state index in [-0.39, 0.29) is 18.4 Å². The molecule has 0 aliphatic carbocycles. The van der Waals surface area contributed by atoms with Crippen LogP contribution in [0.3, 0.4) is 0 Å². The number of hydrogen-bond acceptors (Lipinski definition) is 4. The van der Waals surface area contributed by atoms with Crippen molar-refractivity contribution in [2.24, 2.45) is 5.92 Å². The Morgan fingerprint density at radius 3 is 2.04 bits per heavy atom. The van der Waals surface area contributed by atoms with Gasteiger partial charge in [0.25, 0.3) is 5.91 Å². The number of rotatable bonds is 8. The van der Waals surface area contributed by atoms with E-state index in [0.29, 0.717) is 35.9 Å². The first-order valence-corrected chi connectivity index (χ1v) is 8.74. The summed E-state index contributed by atoms with van der Waals surface area (Å²) in [6, 6.07) is 16.0. The minimum Gasteiger partial charge on any atom is -0.484 e. The molecule has 140 valence electrons. The van der Waals surface area contributed by atoms with Crippen molar-refractivity contribution in [3.8, 4) is 11.8 Å². The lowest BCUT2D eigenvalue weighted by Gasteiger charge is -2.10. The lowest BCUT2D eigenvalue weighted by Crippen LogP contribution is -2.20. The van der Waals surface area contributed by atoms with Crippen LogP contribution < -0.4 is 15.4 Å². The third kappa shape index (κ3) is 7.20. The molecular formula is C21H23N3O3. The van der Waals surface area contributed by atoms with Crippen LogP contribution in [0.5, 0.6) is 5.75 Å². The Labute approximate surface area is 159 Å². The summed E-state index contributed by atoms with van der Waals surface area (Å²) in [5.41, 5.74) is 2.21. The maximum atomic E-state index is 12.0. The second-order valence-corrected chi connectivity index (χ2v) is 6.54. The van der Waals surface area contributed by atoms with Crippen LogP contribution in [0.15, 0.2) is 48.5 Å². The summed E-state index contributed by atoms with van der Waals surface area (Å²) in [5.74, 6) is 0.546. The Morgan fingerprint density at radius 1 is 0.963 bits per heavy atom. The molecule has 0 aliphatic rings. The van der Waals surface area contributed by atoms with Crippen molar-refractivity contribution < 1.29 is 14.3 Å². The third-order valence-corrected chi connectivity index (χ3v) is 3.62. The first-order chi connectivity index (χ1) is 13.0. The number of ether oxygens (including phenoxy) is 1. The monoisotopic (exact) mass is 365 g/mol. The number of amides is 2. The van der Waals surface area contributed by atoms with Crippen LogP contribution in [0.25, 0.3) is 0 Å². The van der Waals surface area contributed by atoms with Gasteiger partial charge in [0.2, 0.25) is 5.91 Å². The molecule has 2 rings (SSSR count). The van der Waals surface area contributed by atoms with Gasteiger partial charge in [-0.2, -0.15) is 5.26 Å². The Hall–Kier alpha value is -3.33. The number of nitrogens with zero attached hydrogens (tertiary/aromatic N) is 1. The largest absolute Gasteiger partial charge is 0.484 e. The number of nitrogens with one attached hydrogen (secondary N) is 2. The standard InChI is InChI=1S/C21H23N3O3/c1-15(2)13-20(25)23-17-5-7-18(8-6-17)24-21(26)14-27-19-9-3-16(4-10-19)11-12-22/h3-10,15H,11,13-14H2,1-2H3,(H,23,25)(H,24,26). The molecule has 0 saturated heterocycles. The van der Waals surface area contributed by atoms with Gasteiger partial charge in [0.1, 0.15) is 5.75 Å². The van der Waals surface area contributed by atoms with E-state index >= 15 is 0 Å². The lowest BCUT2D eigenvalue weighted by atomic mass is 10.1. The number of benzene rings is 2. The summed E-state index contributed by atoms with van der Waals surface area (Å²) in [6.45, 7) is 3.85. The molecule has 2 amide bonds. The number of carbonyl (C=O) groups is 2. The summed E-state index contributed by atoms with van der Waals surface area (Å²) in [5, 5.41) is 14.2. The average Bonchev–Trinajstić information content (AvgIpc) is 2.62. The summed E-state index contributed by atoms with van der Waals surface area (Å²) in [4.78, 5) is 23.7. The summed E-state index contributed by atoms with van der Waals surface area (Å²) >= 11 is 0. The fraction of sp³-hybridized carbons (Fsp3) is 0.286. The highest BCUT2D eigenvalue weighted by atomic mass is 16.5. The van der Waals surface area contributed by atoms with Crippen molar-refractivity contribution in [2.45, 2.75) is 26.7 Å². The van der Waals surface area contributed by atoms with Gasteiger partial charge in [-0.15, -0.1) is 0 Å². The van der Waals surface area contributed by atoms with Crippen molar-refractivity contribution >= 4 is 23.2 Å². The molecule has 6 heteroatoms. The van der Waals surface area contributed by atoms with Crippen molar-refractivity contribution in [3.63, 3.8) is 0 Å². The molecule has 0 bridgehead atoms. The SMILES string of the molecule is CC(C)CC(=O)Nc1ccc(NC(=O)COc2ccc(CC#N)cc2)cc1. The molecule has 2 N–H and O–H groups in total. The first kappa shape index (κ1) is 20.0. The first-order valence-electron chi connectivity index (χ1n) is 8.74. The third-order valence-electron chi connectivity index (χ3n) is 3.62. The van der Waals surface area contributed by atoms with Gasteiger partial charge in [0.05, 0.1) is 12.5 Å². The van der Waals surface area contributed by atoms with Gasteiger partial charge in [-0.25, -0.2) is 0 Å². The van der Waals surface area contributed by atoms with Gasteiger partial charge in [0.15, 0.2) is 6.61 Å². The Balaban J connectivity index is 1.80. The molecule has 0 unspecified atom stereocenters. The second-order valence-electron chi connectivity index (χ2n) is 6.54. The average molecular weight is 365 g/mol. The van der Waals surface area contributed by atoms with Gasteiger partial charge < -0.3 is 15.4 Å². The zero-order valence-electron chi connectivity index (χ0n) is 15.5. The molecule has 0 aromatic heterocycles. The lowest BCUT2D eigenvalue weighted by molar-refractivity contribution is -0.118. The smallest absolute Gasteiger partial charge is 0.262 e. The molecule has 2 aromatic carbocycles. The molecule has 0 heterocycles. The van der Waals surface area contributed by atoms with Crippen molar-refractivity contribution in [1.82, 2.24) is 0 Å². The van der Waals surface area contributed by atoms with E-state index in [0.717, 1.165) is 5.56 Å². The van der Waals surface area contributed by atoms with E-state index in [1.165, 1.54) is 0 Å². The Kier molecular flexibility index (Phi) is 7.38. The van der Waals surface area contributed by atoms with Gasteiger partial charge in [-0.1, -0.05) is 26.0 Å². The normalized spacial score (nSPS) is 10.1. The predicted molar refractivity (Wildman–Crippen MR) is 104 cm³/mol. The van der Waals surface area contributed by atoms with E-state index < -0.39 is 0 Å². The number of anilines is 2. The minimum absolute atomic E-state index is 0.0315. The molecule has 0 spiro atoms. The van der Waals surface area contributed by atoms with E-state index in [1.54, 1.807) is 48.5 Å². The fourth-order valence-electron chi connectivity index (χ4n) is 2.36.